The second kappa shape index (κ2) is 11.5. The molecule has 1 rings (SSSR count). The molecule has 1 aliphatic rings. The zero-order valence-electron chi connectivity index (χ0n) is 15.0. The fourth-order valence-electron chi connectivity index (χ4n) is 2.51. The highest BCUT2D eigenvalue weighted by Gasteiger charge is 2.31. The lowest BCUT2D eigenvalue weighted by Gasteiger charge is -2.23. The Morgan fingerprint density at radius 3 is 2.14 bits per heavy atom. The van der Waals surface area contributed by atoms with E-state index in [2.05, 4.69) is 28.6 Å². The standard InChI is InChI=1S/C15H25N5O7S/c16-11(22)4-8(15(26)27)18-13(24)9(5-21)19-14(25)10(6-28)20-12(23)7-2-1-3-17-7/h7-10,17,21,28H,1-6H2,(H2,16,22)(H,18,24)(H,19,25)(H,20,23)(H,26,27). The van der Waals surface area contributed by atoms with E-state index < -0.39 is 60.9 Å². The molecule has 0 aromatic heterocycles. The minimum Gasteiger partial charge on any atom is -0.480 e. The molecule has 0 spiro atoms. The van der Waals surface area contributed by atoms with Crippen molar-refractivity contribution in [3.63, 3.8) is 0 Å². The lowest BCUT2D eigenvalue weighted by Crippen LogP contribution is -2.58. The second-order valence-corrected chi connectivity index (χ2v) is 6.57. The number of hydrogen-bond acceptors (Lipinski definition) is 8. The van der Waals surface area contributed by atoms with Gasteiger partial charge in [0, 0.05) is 5.75 Å². The third-order valence-corrected chi connectivity index (χ3v) is 4.39. The van der Waals surface area contributed by atoms with Gasteiger partial charge in [-0.05, 0) is 19.4 Å². The predicted octanol–water partition coefficient (Wildman–Crippen LogP) is -3.93. The Balaban J connectivity index is 2.67. The zero-order valence-corrected chi connectivity index (χ0v) is 15.9. The summed E-state index contributed by atoms with van der Waals surface area (Å²) in [6.45, 7) is -0.142. The van der Waals surface area contributed by atoms with Crippen molar-refractivity contribution in [3.05, 3.63) is 0 Å². The number of aliphatic carboxylic acids is 1. The van der Waals surface area contributed by atoms with Crippen LogP contribution in [0.15, 0.2) is 0 Å². The highest BCUT2D eigenvalue weighted by atomic mass is 32.1. The van der Waals surface area contributed by atoms with Gasteiger partial charge in [0.15, 0.2) is 0 Å². The highest BCUT2D eigenvalue weighted by molar-refractivity contribution is 7.80. The van der Waals surface area contributed by atoms with Crippen LogP contribution in [0.4, 0.5) is 0 Å². The Bertz CT molecular complexity index is 612. The largest absolute Gasteiger partial charge is 0.480 e. The molecule has 0 radical (unpaired) electrons. The summed E-state index contributed by atoms with van der Waals surface area (Å²) in [6.07, 6.45) is 0.806. The van der Waals surface area contributed by atoms with Crippen LogP contribution in [-0.2, 0) is 24.0 Å². The maximum Gasteiger partial charge on any atom is 0.326 e. The smallest absolute Gasteiger partial charge is 0.326 e. The molecule has 4 unspecified atom stereocenters. The molecule has 13 heteroatoms. The van der Waals surface area contributed by atoms with Gasteiger partial charge in [-0.3, -0.25) is 19.2 Å². The number of nitrogens with one attached hydrogen (secondary N) is 4. The average Bonchev–Trinajstić information content (AvgIpc) is 3.17. The maximum atomic E-state index is 12.3. The van der Waals surface area contributed by atoms with Gasteiger partial charge in [0.05, 0.1) is 19.1 Å². The lowest BCUT2D eigenvalue weighted by molar-refractivity contribution is -0.144. The molecule has 1 aliphatic heterocycles. The van der Waals surface area contributed by atoms with Gasteiger partial charge in [-0.2, -0.15) is 12.6 Å². The van der Waals surface area contributed by atoms with Gasteiger partial charge < -0.3 is 37.2 Å². The predicted molar refractivity (Wildman–Crippen MR) is 99.2 cm³/mol. The van der Waals surface area contributed by atoms with Gasteiger partial charge in [0.1, 0.15) is 18.1 Å². The topological polar surface area (TPSA) is 200 Å². The van der Waals surface area contributed by atoms with Gasteiger partial charge in [0.25, 0.3) is 0 Å². The van der Waals surface area contributed by atoms with Crippen LogP contribution in [0, 0.1) is 0 Å². The third kappa shape index (κ3) is 7.32. The molecular formula is C15H25N5O7S. The number of rotatable bonds is 11. The molecule has 1 fully saturated rings. The number of amides is 4. The van der Waals surface area contributed by atoms with Crippen LogP contribution < -0.4 is 27.0 Å². The van der Waals surface area contributed by atoms with E-state index in [-0.39, 0.29) is 11.7 Å². The van der Waals surface area contributed by atoms with Gasteiger partial charge in [-0.15, -0.1) is 0 Å². The first-order chi connectivity index (χ1) is 13.2. The van der Waals surface area contributed by atoms with E-state index in [0.717, 1.165) is 6.42 Å². The number of aliphatic hydroxyl groups excluding tert-OH is 1. The third-order valence-electron chi connectivity index (χ3n) is 4.03. The molecule has 1 heterocycles. The van der Waals surface area contributed by atoms with E-state index >= 15 is 0 Å². The number of hydrogen-bond donors (Lipinski definition) is 8. The van der Waals surface area contributed by atoms with Crippen LogP contribution in [-0.4, -0.2) is 82.9 Å². The first-order valence-electron chi connectivity index (χ1n) is 8.56. The first kappa shape index (κ1) is 23.7. The monoisotopic (exact) mass is 419 g/mol. The van der Waals surface area contributed by atoms with Crippen molar-refractivity contribution in [2.75, 3.05) is 18.9 Å². The van der Waals surface area contributed by atoms with Crippen molar-refractivity contribution in [2.24, 2.45) is 5.73 Å². The Kier molecular flexibility index (Phi) is 9.68. The number of carbonyl (C=O) groups excluding carboxylic acids is 4. The SMILES string of the molecule is NC(=O)CC(NC(=O)C(CO)NC(=O)C(CS)NC(=O)C1CCCN1)C(=O)O. The number of carboxylic acid groups (broad SMARTS) is 1. The van der Waals surface area contributed by atoms with Crippen LogP contribution in [0.25, 0.3) is 0 Å². The van der Waals surface area contributed by atoms with E-state index in [1.54, 1.807) is 0 Å². The van der Waals surface area contributed by atoms with Crippen molar-refractivity contribution in [3.8, 4) is 0 Å². The van der Waals surface area contributed by atoms with E-state index in [1.807, 2.05) is 5.32 Å². The molecule has 12 nitrogen and oxygen atoms in total. The number of carboxylic acids is 1. The number of thiol groups is 1. The number of carbonyl (C=O) groups is 5. The summed E-state index contributed by atoms with van der Waals surface area (Å²) in [7, 11) is 0. The van der Waals surface area contributed by atoms with Crippen molar-refractivity contribution in [1.82, 2.24) is 21.3 Å². The molecule has 8 N–H and O–H groups in total. The lowest BCUT2D eigenvalue weighted by atomic mass is 10.1. The first-order valence-corrected chi connectivity index (χ1v) is 9.20. The number of primary amides is 1. The van der Waals surface area contributed by atoms with Crippen LogP contribution in [0.2, 0.25) is 0 Å². The maximum absolute atomic E-state index is 12.3. The van der Waals surface area contributed by atoms with Gasteiger partial charge >= 0.3 is 5.97 Å². The average molecular weight is 419 g/mol. The number of nitrogens with two attached hydrogens (primary N) is 1. The second-order valence-electron chi connectivity index (χ2n) is 6.21. The number of aliphatic hydroxyl groups is 1. The summed E-state index contributed by atoms with van der Waals surface area (Å²) in [5.74, 6) is -4.70. The normalized spacial score (nSPS) is 19.1. The molecule has 0 aromatic carbocycles. The minimum atomic E-state index is -1.61. The fourth-order valence-corrected chi connectivity index (χ4v) is 2.77. The summed E-state index contributed by atoms with van der Waals surface area (Å²) in [5, 5.41) is 28.1. The Labute approximate surface area is 166 Å². The van der Waals surface area contributed by atoms with Crippen LogP contribution in [0.3, 0.4) is 0 Å². The molecule has 0 bridgehead atoms. The Morgan fingerprint density at radius 1 is 1.07 bits per heavy atom. The van der Waals surface area contributed by atoms with E-state index in [1.165, 1.54) is 0 Å². The molecule has 0 aromatic rings. The molecule has 0 saturated carbocycles. The molecule has 1 saturated heterocycles. The fraction of sp³-hybridized carbons (Fsp3) is 0.667. The van der Waals surface area contributed by atoms with Crippen molar-refractivity contribution in [1.29, 1.82) is 0 Å². The molecule has 4 atom stereocenters. The zero-order chi connectivity index (χ0) is 21.3. The van der Waals surface area contributed by atoms with E-state index in [9.17, 15) is 29.1 Å². The van der Waals surface area contributed by atoms with Gasteiger partial charge in [-0.1, -0.05) is 0 Å². The quantitative estimate of drug-likeness (QED) is 0.155. The molecule has 158 valence electrons. The highest BCUT2D eigenvalue weighted by Crippen LogP contribution is 2.05. The molecule has 0 aliphatic carbocycles. The van der Waals surface area contributed by atoms with Crippen molar-refractivity contribution >= 4 is 42.2 Å². The molecular weight excluding hydrogens is 394 g/mol. The summed E-state index contributed by atoms with van der Waals surface area (Å²) < 4.78 is 0. The molecule has 28 heavy (non-hydrogen) atoms. The van der Waals surface area contributed by atoms with E-state index in [4.69, 9.17) is 10.8 Å². The van der Waals surface area contributed by atoms with Gasteiger partial charge in [-0.25, -0.2) is 4.79 Å². The Morgan fingerprint density at radius 2 is 1.68 bits per heavy atom. The van der Waals surface area contributed by atoms with Crippen molar-refractivity contribution in [2.45, 2.75) is 43.4 Å². The van der Waals surface area contributed by atoms with Crippen LogP contribution >= 0.6 is 12.6 Å². The summed E-state index contributed by atoms with van der Waals surface area (Å²) in [4.78, 5) is 58.5. The summed E-state index contributed by atoms with van der Waals surface area (Å²) in [5.41, 5.74) is 4.93. The molecule has 4 amide bonds. The minimum absolute atomic E-state index is 0.0660. The van der Waals surface area contributed by atoms with Crippen LogP contribution in [0.5, 0.6) is 0 Å². The summed E-state index contributed by atoms with van der Waals surface area (Å²) >= 11 is 4.01. The van der Waals surface area contributed by atoms with Gasteiger partial charge in [0.2, 0.25) is 23.6 Å². The van der Waals surface area contributed by atoms with Crippen LogP contribution in [0.1, 0.15) is 19.3 Å². The van der Waals surface area contributed by atoms with E-state index in [0.29, 0.717) is 13.0 Å². The van der Waals surface area contributed by atoms with Crippen molar-refractivity contribution < 1.29 is 34.2 Å². The summed E-state index contributed by atoms with van der Waals surface area (Å²) in [6, 6.07) is -4.59. The Hall–Kier alpha value is -2.38.